The number of aliphatic hydroxyl groups is 3. The van der Waals surface area contributed by atoms with Crippen molar-refractivity contribution in [2.75, 3.05) is 78.6 Å². The summed E-state index contributed by atoms with van der Waals surface area (Å²) in [6, 6.07) is 4.72. The van der Waals surface area contributed by atoms with Crippen molar-refractivity contribution in [3.8, 4) is 5.75 Å². The van der Waals surface area contributed by atoms with E-state index < -0.39 is 42.4 Å². The van der Waals surface area contributed by atoms with E-state index in [9.17, 15) is 33.9 Å². The molecule has 0 aliphatic carbocycles. The van der Waals surface area contributed by atoms with Gasteiger partial charge in [-0.2, -0.15) is 0 Å². The lowest BCUT2D eigenvalue weighted by Crippen LogP contribution is -2.42. The van der Waals surface area contributed by atoms with Crippen LogP contribution in [0.4, 0.5) is 5.69 Å². The van der Waals surface area contributed by atoms with Crippen LogP contribution in [-0.2, 0) is 44.8 Å². The second-order valence-electron chi connectivity index (χ2n) is 10.6. The van der Waals surface area contributed by atoms with E-state index in [2.05, 4.69) is 21.3 Å². The van der Waals surface area contributed by atoms with Gasteiger partial charge in [0.15, 0.2) is 0 Å². The minimum absolute atomic E-state index is 0.0146. The first kappa shape index (κ1) is 46.5. The van der Waals surface area contributed by atoms with Crippen LogP contribution in [0.3, 0.4) is 0 Å². The van der Waals surface area contributed by atoms with Crippen LogP contribution in [0.25, 0.3) is 0 Å². The number of carbonyl (C=O) groups excluding carboxylic acids is 6. The monoisotopic (exact) mass is 726 g/mol. The second kappa shape index (κ2) is 28.3. The molecule has 18 nitrogen and oxygen atoms in total. The molecule has 8 N–H and O–H groups in total. The first-order valence-electron chi connectivity index (χ1n) is 16.5. The molecule has 18 heteroatoms. The van der Waals surface area contributed by atoms with Crippen LogP contribution in [0.15, 0.2) is 30.4 Å². The number of rotatable bonds is 12. The zero-order valence-corrected chi connectivity index (χ0v) is 29.8. The fourth-order valence-corrected chi connectivity index (χ4v) is 4.24. The Morgan fingerprint density at radius 2 is 1.49 bits per heavy atom. The van der Waals surface area contributed by atoms with Crippen LogP contribution >= 0.6 is 0 Å². The van der Waals surface area contributed by atoms with Crippen molar-refractivity contribution in [1.82, 2.24) is 25.8 Å². The summed E-state index contributed by atoms with van der Waals surface area (Å²) in [6.07, 6.45) is 2.55. The standard InChI is InChI=1S/C20H24N4O7.C5H10N2O.C5H10O3.C2H6.CH4O/c1-31-12-13-2-3-15(25)14(10-13)23-17(27)7-9-21-16(26)6-8-22-18(28)11-24-19(29)4-5-20(24)30;8-5-7-3-1-6-2-4-7;6-4-1-5(7)3-8-2-4;2*1-2/h2-5,10,25H,6-9,11-12H2,1H3,(H,21,26)(H,22,28)(H,23,27);5-6H,1-4H2;4-7H,1-3H2;1-2H3;2H,1H3. The van der Waals surface area contributed by atoms with Crippen molar-refractivity contribution >= 4 is 41.6 Å². The average molecular weight is 727 g/mol. The smallest absolute Gasteiger partial charge is 0.254 e. The molecule has 1 aromatic rings. The number of nitrogens with one attached hydrogen (secondary N) is 4. The van der Waals surface area contributed by atoms with Gasteiger partial charge in [-0.3, -0.25) is 33.7 Å². The topological polar surface area (TPSA) is 256 Å². The Kier molecular flexibility index (Phi) is 25.8. The minimum atomic E-state index is -0.562. The van der Waals surface area contributed by atoms with Gasteiger partial charge in [0.05, 0.1) is 37.7 Å². The van der Waals surface area contributed by atoms with Gasteiger partial charge in [0.2, 0.25) is 24.1 Å². The van der Waals surface area contributed by atoms with E-state index in [1.165, 1.54) is 13.2 Å². The van der Waals surface area contributed by atoms with Gasteiger partial charge in [-0.25, -0.2) is 0 Å². The number of hydrogen-bond donors (Lipinski definition) is 8. The van der Waals surface area contributed by atoms with E-state index in [-0.39, 0.29) is 43.3 Å². The molecule has 0 saturated carbocycles. The van der Waals surface area contributed by atoms with Crippen molar-refractivity contribution in [3.63, 3.8) is 0 Å². The molecule has 2 unspecified atom stereocenters. The van der Waals surface area contributed by atoms with Gasteiger partial charge in [0.1, 0.15) is 12.3 Å². The Bertz CT molecular complexity index is 1220. The third-order valence-corrected chi connectivity index (χ3v) is 6.66. The van der Waals surface area contributed by atoms with E-state index in [0.717, 1.165) is 62.3 Å². The molecule has 0 bridgehead atoms. The van der Waals surface area contributed by atoms with Crippen molar-refractivity contribution in [2.45, 2.75) is 51.9 Å². The maximum Gasteiger partial charge on any atom is 0.254 e. The first-order chi connectivity index (χ1) is 24.5. The summed E-state index contributed by atoms with van der Waals surface area (Å²) < 4.78 is 9.80. The molecule has 288 valence electrons. The number of aliphatic hydroxyl groups excluding tert-OH is 3. The average Bonchev–Trinajstić information content (AvgIpc) is 3.44. The van der Waals surface area contributed by atoms with E-state index in [0.29, 0.717) is 26.2 Å². The molecule has 2 atom stereocenters. The summed E-state index contributed by atoms with van der Waals surface area (Å²) >= 11 is 0. The van der Waals surface area contributed by atoms with E-state index >= 15 is 0 Å². The second-order valence-corrected chi connectivity index (χ2v) is 10.6. The number of anilines is 1. The van der Waals surface area contributed by atoms with Crippen LogP contribution in [0.1, 0.15) is 38.7 Å². The van der Waals surface area contributed by atoms with Gasteiger partial charge < -0.3 is 56.1 Å². The number of phenolic OH excluding ortho intramolecular Hbond substituents is 1. The maximum absolute atomic E-state index is 12.0. The fourth-order valence-electron chi connectivity index (χ4n) is 4.24. The molecule has 1 aromatic carbocycles. The Labute approximate surface area is 298 Å². The third kappa shape index (κ3) is 20.7. The van der Waals surface area contributed by atoms with Gasteiger partial charge in [-0.1, -0.05) is 19.9 Å². The number of phenols is 1. The number of nitrogens with zero attached hydrogens (tertiary/aromatic N) is 2. The van der Waals surface area contributed by atoms with Crippen LogP contribution in [0, 0.1) is 0 Å². The normalized spacial score (nSPS) is 17.5. The molecule has 3 aliphatic heterocycles. The van der Waals surface area contributed by atoms with E-state index in [1.807, 2.05) is 13.8 Å². The molecule has 4 rings (SSSR count). The van der Waals surface area contributed by atoms with Crippen LogP contribution in [0.2, 0.25) is 0 Å². The number of amides is 6. The van der Waals surface area contributed by atoms with Crippen LogP contribution < -0.4 is 21.3 Å². The Morgan fingerprint density at radius 1 is 0.941 bits per heavy atom. The molecular weight excluding hydrogens is 672 g/mol. The maximum atomic E-state index is 12.0. The predicted molar refractivity (Wildman–Crippen MR) is 186 cm³/mol. The number of carbonyl (C=O) groups is 6. The van der Waals surface area contributed by atoms with Crippen molar-refractivity contribution in [1.29, 1.82) is 0 Å². The molecule has 0 spiro atoms. The van der Waals surface area contributed by atoms with Gasteiger partial charge in [0, 0.05) is 84.9 Å². The Morgan fingerprint density at radius 3 is 1.98 bits per heavy atom. The van der Waals surface area contributed by atoms with E-state index in [4.69, 9.17) is 24.8 Å². The van der Waals surface area contributed by atoms with Crippen molar-refractivity contribution in [3.05, 3.63) is 35.9 Å². The molecule has 0 radical (unpaired) electrons. The highest BCUT2D eigenvalue weighted by Gasteiger charge is 2.25. The Hall–Kier alpha value is -4.46. The number of aromatic hydroxyl groups is 1. The molecule has 2 saturated heterocycles. The molecule has 2 fully saturated rings. The van der Waals surface area contributed by atoms with Crippen molar-refractivity contribution in [2.24, 2.45) is 0 Å². The van der Waals surface area contributed by atoms with Gasteiger partial charge in [-0.15, -0.1) is 0 Å². The zero-order valence-electron chi connectivity index (χ0n) is 29.8. The molecule has 51 heavy (non-hydrogen) atoms. The summed E-state index contributed by atoms with van der Waals surface area (Å²) in [5.41, 5.74) is 1.03. The SMILES string of the molecule is CC.CO.COCc1ccc(O)c(NC(=O)CCNC(=O)CCNC(=O)CN2C(=O)C=CC2=O)c1.O=CN1CCNCC1.OC1COCC(O)C1. The summed E-state index contributed by atoms with van der Waals surface area (Å²) in [4.78, 5) is 70.9. The quantitative estimate of drug-likeness (QED) is 0.0675. The molecule has 6 amide bonds. The van der Waals surface area contributed by atoms with Gasteiger partial charge >= 0.3 is 0 Å². The predicted octanol–water partition coefficient (Wildman–Crippen LogP) is -1.77. The number of hydrogen-bond acceptors (Lipinski definition) is 13. The highest BCUT2D eigenvalue weighted by Crippen LogP contribution is 2.24. The van der Waals surface area contributed by atoms with Gasteiger partial charge in [-0.05, 0) is 17.7 Å². The number of benzene rings is 1. The first-order valence-corrected chi connectivity index (χ1v) is 16.5. The largest absolute Gasteiger partial charge is 0.506 e. The lowest BCUT2D eigenvalue weighted by atomic mass is 10.1. The van der Waals surface area contributed by atoms with Gasteiger partial charge in [0.25, 0.3) is 11.8 Å². The summed E-state index contributed by atoms with van der Waals surface area (Å²) in [5.74, 6) is -2.54. The van der Waals surface area contributed by atoms with Crippen LogP contribution in [0.5, 0.6) is 5.75 Å². The fraction of sp³-hybridized carbons (Fsp3) is 0.576. The summed E-state index contributed by atoms with van der Waals surface area (Å²) in [7, 11) is 2.53. The lowest BCUT2D eigenvalue weighted by molar-refractivity contribution is -0.141. The highest BCUT2D eigenvalue weighted by molar-refractivity contribution is 6.14. The number of piperazine rings is 1. The van der Waals surface area contributed by atoms with Crippen LogP contribution in [-0.4, -0.2) is 152 Å². The minimum Gasteiger partial charge on any atom is -0.506 e. The Balaban J connectivity index is 0.00000101. The molecule has 3 heterocycles. The molecular formula is C33H54N6O12. The van der Waals surface area contributed by atoms with Crippen molar-refractivity contribution < 1.29 is 58.7 Å². The highest BCUT2D eigenvalue weighted by atomic mass is 16.5. The lowest BCUT2D eigenvalue weighted by Gasteiger charge is -2.22. The number of ether oxygens (including phenoxy) is 2. The van der Waals surface area contributed by atoms with E-state index in [1.54, 1.807) is 17.0 Å². The third-order valence-electron chi connectivity index (χ3n) is 6.66. The molecule has 3 aliphatic rings. The zero-order chi connectivity index (χ0) is 38.6. The molecule has 0 aromatic heterocycles. The number of methoxy groups -OCH3 is 1. The summed E-state index contributed by atoms with van der Waals surface area (Å²) in [6.45, 7) is 8.36. The number of imide groups is 1. The summed E-state index contributed by atoms with van der Waals surface area (Å²) in [5, 5.41) is 45.1.